The van der Waals surface area contributed by atoms with E-state index in [-0.39, 0.29) is 30.6 Å². The largest absolute Gasteiger partial charge is 0.350 e. The lowest BCUT2D eigenvalue weighted by molar-refractivity contribution is -0.140. The fraction of sp³-hybridized carbons (Fsp3) is 0.391. The topological polar surface area (TPSA) is 49.4 Å². The van der Waals surface area contributed by atoms with Gasteiger partial charge in [0.25, 0.3) is 0 Å². The summed E-state index contributed by atoms with van der Waals surface area (Å²) >= 11 is 0. The maximum Gasteiger partial charge on any atom is 0.242 e. The summed E-state index contributed by atoms with van der Waals surface area (Å²) in [7, 11) is 0. The first-order chi connectivity index (χ1) is 13.1. The Morgan fingerprint density at radius 2 is 1.79 bits per heavy atom. The van der Waals surface area contributed by atoms with Crippen molar-refractivity contribution in [2.24, 2.45) is 0 Å². The Labute approximate surface area is 166 Å². The van der Waals surface area contributed by atoms with Crippen molar-refractivity contribution >= 4 is 11.8 Å². The van der Waals surface area contributed by atoms with E-state index < -0.39 is 11.6 Å². The van der Waals surface area contributed by atoms with Crippen molar-refractivity contribution in [2.75, 3.05) is 0 Å². The molecule has 0 aliphatic rings. The van der Waals surface area contributed by atoms with Crippen LogP contribution in [0.1, 0.15) is 44.4 Å². The molecule has 1 N–H and O–H groups in total. The second-order valence-corrected chi connectivity index (χ2v) is 8.19. The summed E-state index contributed by atoms with van der Waals surface area (Å²) in [6.45, 7) is 9.32. The molecule has 0 saturated carbocycles. The lowest BCUT2D eigenvalue weighted by Gasteiger charge is -2.31. The van der Waals surface area contributed by atoms with Crippen LogP contribution in [0.3, 0.4) is 0 Å². The van der Waals surface area contributed by atoms with Crippen molar-refractivity contribution in [1.29, 1.82) is 0 Å². The van der Waals surface area contributed by atoms with Gasteiger partial charge in [0.2, 0.25) is 11.8 Å². The van der Waals surface area contributed by atoms with Gasteiger partial charge in [0.1, 0.15) is 11.9 Å². The van der Waals surface area contributed by atoms with Gasteiger partial charge in [-0.25, -0.2) is 4.39 Å². The van der Waals surface area contributed by atoms with Crippen molar-refractivity contribution in [1.82, 2.24) is 10.2 Å². The van der Waals surface area contributed by atoms with Crippen molar-refractivity contribution in [3.8, 4) is 0 Å². The third-order valence-corrected chi connectivity index (χ3v) is 4.40. The number of hydrogen-bond acceptors (Lipinski definition) is 2. The van der Waals surface area contributed by atoms with Crippen LogP contribution in [0.2, 0.25) is 0 Å². The average Bonchev–Trinajstić information content (AvgIpc) is 2.59. The van der Waals surface area contributed by atoms with Gasteiger partial charge < -0.3 is 10.2 Å². The maximum absolute atomic E-state index is 14.2. The number of nitrogens with zero attached hydrogens (tertiary/aromatic N) is 1. The normalized spacial score (nSPS) is 12.4. The van der Waals surface area contributed by atoms with E-state index in [4.69, 9.17) is 0 Å². The van der Waals surface area contributed by atoms with Crippen LogP contribution in [-0.4, -0.2) is 28.3 Å². The third kappa shape index (κ3) is 6.19. The van der Waals surface area contributed by atoms with Crippen LogP contribution in [0.5, 0.6) is 0 Å². The standard InChI is InChI=1S/C23H29FN2O2/c1-16-9-8-10-18(13-16)14-21(27)26(15-19-11-6-7-12-20(19)24)17(2)22(28)25-23(3,4)5/h6-13,17H,14-15H2,1-5H3,(H,25,28)/t17-/m0/s1. The fourth-order valence-electron chi connectivity index (χ4n) is 2.97. The zero-order valence-corrected chi connectivity index (χ0v) is 17.3. The van der Waals surface area contributed by atoms with E-state index in [1.165, 1.54) is 11.0 Å². The molecule has 0 aliphatic carbocycles. The zero-order valence-electron chi connectivity index (χ0n) is 17.3. The van der Waals surface area contributed by atoms with Gasteiger partial charge in [-0.1, -0.05) is 48.0 Å². The lowest BCUT2D eigenvalue weighted by atomic mass is 10.1. The molecular formula is C23H29FN2O2. The molecule has 0 saturated heterocycles. The molecule has 0 fully saturated rings. The molecule has 4 nitrogen and oxygen atoms in total. The Hall–Kier alpha value is -2.69. The Morgan fingerprint density at radius 1 is 1.11 bits per heavy atom. The SMILES string of the molecule is Cc1cccc(CC(=O)N(Cc2ccccc2F)[C@@H](C)C(=O)NC(C)(C)C)c1. The summed E-state index contributed by atoms with van der Waals surface area (Å²) < 4.78 is 14.2. The highest BCUT2D eigenvalue weighted by atomic mass is 19.1. The zero-order chi connectivity index (χ0) is 20.9. The molecule has 0 aliphatic heterocycles. The van der Waals surface area contributed by atoms with Crippen molar-refractivity contribution in [3.05, 3.63) is 71.0 Å². The summed E-state index contributed by atoms with van der Waals surface area (Å²) in [6.07, 6.45) is 0.156. The van der Waals surface area contributed by atoms with Crippen LogP contribution >= 0.6 is 0 Å². The van der Waals surface area contributed by atoms with E-state index in [2.05, 4.69) is 5.32 Å². The fourth-order valence-corrected chi connectivity index (χ4v) is 2.97. The van der Waals surface area contributed by atoms with Gasteiger partial charge in [0.15, 0.2) is 0 Å². The monoisotopic (exact) mass is 384 g/mol. The molecule has 2 amide bonds. The molecule has 0 heterocycles. The highest BCUT2D eigenvalue weighted by molar-refractivity contribution is 5.88. The van der Waals surface area contributed by atoms with E-state index in [0.29, 0.717) is 5.56 Å². The second-order valence-electron chi connectivity index (χ2n) is 8.19. The number of halogens is 1. The summed E-state index contributed by atoms with van der Waals surface area (Å²) in [4.78, 5) is 27.2. The molecule has 5 heteroatoms. The minimum Gasteiger partial charge on any atom is -0.350 e. The van der Waals surface area contributed by atoms with E-state index in [1.54, 1.807) is 25.1 Å². The average molecular weight is 384 g/mol. The first kappa shape index (κ1) is 21.6. The molecule has 2 rings (SSSR count). The predicted octanol–water partition coefficient (Wildman–Crippen LogP) is 4.01. The van der Waals surface area contributed by atoms with Crippen LogP contribution in [0, 0.1) is 12.7 Å². The number of carbonyl (C=O) groups excluding carboxylic acids is 2. The molecule has 150 valence electrons. The molecule has 0 unspecified atom stereocenters. The van der Waals surface area contributed by atoms with Gasteiger partial charge in [0.05, 0.1) is 6.42 Å². The molecule has 0 bridgehead atoms. The van der Waals surface area contributed by atoms with E-state index >= 15 is 0 Å². The van der Waals surface area contributed by atoms with E-state index in [1.807, 2.05) is 52.0 Å². The number of carbonyl (C=O) groups is 2. The molecular weight excluding hydrogens is 355 g/mol. The van der Waals surface area contributed by atoms with Gasteiger partial charge >= 0.3 is 0 Å². The summed E-state index contributed by atoms with van der Waals surface area (Å²) in [5, 5.41) is 2.90. The Morgan fingerprint density at radius 3 is 2.39 bits per heavy atom. The Balaban J connectivity index is 2.27. The molecule has 0 aromatic heterocycles. The lowest BCUT2D eigenvalue weighted by Crippen LogP contribution is -2.52. The minimum absolute atomic E-state index is 0.0377. The first-order valence-electron chi connectivity index (χ1n) is 9.47. The quantitative estimate of drug-likeness (QED) is 0.818. The van der Waals surface area contributed by atoms with Crippen molar-refractivity contribution in [3.63, 3.8) is 0 Å². The van der Waals surface area contributed by atoms with Gasteiger partial charge in [-0.2, -0.15) is 0 Å². The first-order valence-corrected chi connectivity index (χ1v) is 9.47. The highest BCUT2D eigenvalue weighted by Crippen LogP contribution is 2.16. The van der Waals surface area contributed by atoms with E-state index in [9.17, 15) is 14.0 Å². The summed E-state index contributed by atoms with van der Waals surface area (Å²) in [5.41, 5.74) is 1.89. The number of amides is 2. The van der Waals surface area contributed by atoms with Crippen LogP contribution in [0.4, 0.5) is 4.39 Å². The van der Waals surface area contributed by atoms with Gasteiger partial charge in [-0.05, 0) is 46.2 Å². The molecule has 1 atom stereocenters. The van der Waals surface area contributed by atoms with Crippen LogP contribution in [0.15, 0.2) is 48.5 Å². The molecule has 28 heavy (non-hydrogen) atoms. The number of aryl methyl sites for hydroxylation is 1. The predicted molar refractivity (Wildman–Crippen MR) is 109 cm³/mol. The molecule has 0 spiro atoms. The number of nitrogens with one attached hydrogen (secondary N) is 1. The number of rotatable bonds is 6. The highest BCUT2D eigenvalue weighted by Gasteiger charge is 2.28. The van der Waals surface area contributed by atoms with Gasteiger partial charge in [-0.15, -0.1) is 0 Å². The maximum atomic E-state index is 14.2. The van der Waals surface area contributed by atoms with Crippen molar-refractivity contribution < 1.29 is 14.0 Å². The van der Waals surface area contributed by atoms with Crippen LogP contribution in [0.25, 0.3) is 0 Å². The number of hydrogen-bond donors (Lipinski definition) is 1. The van der Waals surface area contributed by atoms with E-state index in [0.717, 1.165) is 11.1 Å². The summed E-state index contributed by atoms with van der Waals surface area (Å²) in [5.74, 6) is -0.869. The van der Waals surface area contributed by atoms with Crippen LogP contribution in [-0.2, 0) is 22.6 Å². The smallest absolute Gasteiger partial charge is 0.242 e. The summed E-state index contributed by atoms with van der Waals surface area (Å²) in [6, 6.07) is 13.3. The molecule has 2 aromatic carbocycles. The molecule has 0 radical (unpaired) electrons. The van der Waals surface area contributed by atoms with Crippen molar-refractivity contribution in [2.45, 2.75) is 59.2 Å². The minimum atomic E-state index is -0.726. The van der Waals surface area contributed by atoms with Gasteiger partial charge in [-0.3, -0.25) is 9.59 Å². The Bertz CT molecular complexity index is 842. The Kier molecular flexibility index (Phi) is 6.95. The second kappa shape index (κ2) is 9.00. The molecule has 2 aromatic rings. The van der Waals surface area contributed by atoms with Gasteiger partial charge in [0, 0.05) is 17.6 Å². The number of benzene rings is 2. The van der Waals surface area contributed by atoms with Crippen LogP contribution < -0.4 is 5.32 Å². The third-order valence-electron chi connectivity index (χ3n) is 4.40.